The van der Waals surface area contributed by atoms with Crippen LogP contribution >= 0.6 is 0 Å². The maximum absolute atomic E-state index is 9.83. The van der Waals surface area contributed by atoms with Crippen LogP contribution in [0.25, 0.3) is 32.3 Å². The molecule has 6 aromatic rings. The van der Waals surface area contributed by atoms with E-state index in [9.17, 15) is 10.5 Å². The zero-order chi connectivity index (χ0) is 32.7. The zero-order valence-electron chi connectivity index (χ0n) is 27.5. The Kier molecular flexibility index (Phi) is 6.27. The molecular formula is C43H36N4. The first-order chi connectivity index (χ1) is 22.6. The molecule has 0 spiro atoms. The predicted octanol–water partition coefficient (Wildman–Crippen LogP) is 11.2. The van der Waals surface area contributed by atoms with Gasteiger partial charge in [0, 0.05) is 45.5 Å². The summed E-state index contributed by atoms with van der Waals surface area (Å²) in [6.45, 7) is 12.2. The van der Waals surface area contributed by atoms with E-state index in [1.807, 2.05) is 24.3 Å². The highest BCUT2D eigenvalue weighted by atomic mass is 15.2. The molecule has 8 rings (SSSR count). The summed E-state index contributed by atoms with van der Waals surface area (Å²) in [7, 11) is 0. The lowest BCUT2D eigenvalue weighted by Crippen LogP contribution is -2.25. The van der Waals surface area contributed by atoms with Crippen LogP contribution in [0, 0.1) is 28.1 Å². The van der Waals surface area contributed by atoms with E-state index in [1.54, 1.807) is 0 Å². The third-order valence-corrected chi connectivity index (χ3v) is 10.0. The minimum Gasteiger partial charge on any atom is -0.340 e. The Bertz CT molecular complexity index is 2410. The first kappa shape index (κ1) is 28.9. The summed E-state index contributed by atoms with van der Waals surface area (Å²) in [4.78, 5) is 4.77. The molecule has 0 aromatic heterocycles. The van der Waals surface area contributed by atoms with Gasteiger partial charge in [-0.2, -0.15) is 10.5 Å². The van der Waals surface area contributed by atoms with Gasteiger partial charge < -0.3 is 9.80 Å². The highest BCUT2D eigenvalue weighted by molar-refractivity contribution is 6.27. The van der Waals surface area contributed by atoms with Gasteiger partial charge in [-0.25, -0.2) is 0 Å². The second-order valence-corrected chi connectivity index (χ2v) is 14.6. The summed E-state index contributed by atoms with van der Waals surface area (Å²) in [5.41, 5.74) is 9.35. The number of benzene rings is 6. The van der Waals surface area contributed by atoms with Crippen molar-refractivity contribution in [2.24, 2.45) is 5.41 Å². The highest BCUT2D eigenvalue weighted by Gasteiger charge is 2.37. The van der Waals surface area contributed by atoms with Crippen LogP contribution in [-0.2, 0) is 5.41 Å². The Morgan fingerprint density at radius 2 is 1.38 bits per heavy atom. The third kappa shape index (κ3) is 4.56. The first-order valence-corrected chi connectivity index (χ1v) is 16.3. The van der Waals surface area contributed by atoms with E-state index in [4.69, 9.17) is 0 Å². The molecule has 1 heterocycles. The minimum atomic E-state index is -0.0923. The van der Waals surface area contributed by atoms with Crippen LogP contribution in [0.2, 0.25) is 0 Å². The van der Waals surface area contributed by atoms with Gasteiger partial charge in [-0.3, -0.25) is 0 Å². The number of allylic oxidation sites excluding steroid dienone is 3. The smallest absolute Gasteiger partial charge is 0.0992 e. The molecule has 0 bridgehead atoms. The number of hydrogen-bond donors (Lipinski definition) is 0. The maximum atomic E-state index is 9.83. The Hall–Kier alpha value is -5.58. The van der Waals surface area contributed by atoms with E-state index in [0.717, 1.165) is 30.0 Å². The van der Waals surface area contributed by atoms with Gasteiger partial charge >= 0.3 is 0 Å². The molecule has 1 aliphatic carbocycles. The summed E-state index contributed by atoms with van der Waals surface area (Å²) in [5, 5.41) is 26.8. The van der Waals surface area contributed by atoms with Crippen molar-refractivity contribution in [3.63, 3.8) is 0 Å². The van der Waals surface area contributed by atoms with E-state index in [0.29, 0.717) is 11.1 Å². The molecule has 6 aromatic carbocycles. The second kappa shape index (κ2) is 10.2. The molecular weight excluding hydrogens is 573 g/mol. The third-order valence-electron chi connectivity index (χ3n) is 10.0. The van der Waals surface area contributed by atoms with Gasteiger partial charge in [0.25, 0.3) is 0 Å². The van der Waals surface area contributed by atoms with Crippen molar-refractivity contribution in [3.8, 4) is 12.1 Å². The zero-order valence-corrected chi connectivity index (χ0v) is 27.5. The summed E-state index contributed by atoms with van der Waals surface area (Å²) >= 11 is 0. The van der Waals surface area contributed by atoms with Gasteiger partial charge in [-0.1, -0.05) is 81.8 Å². The lowest BCUT2D eigenvalue weighted by molar-refractivity contribution is 0.465. The van der Waals surface area contributed by atoms with Crippen molar-refractivity contribution in [1.82, 2.24) is 0 Å². The van der Waals surface area contributed by atoms with Crippen molar-refractivity contribution in [3.05, 3.63) is 131 Å². The van der Waals surface area contributed by atoms with Gasteiger partial charge in [-0.15, -0.1) is 0 Å². The van der Waals surface area contributed by atoms with Crippen LogP contribution in [0.1, 0.15) is 57.7 Å². The molecule has 4 heteroatoms. The molecule has 0 unspecified atom stereocenters. The van der Waals surface area contributed by atoms with Crippen molar-refractivity contribution in [2.75, 3.05) is 16.3 Å². The number of anilines is 4. The largest absolute Gasteiger partial charge is 0.340 e. The molecule has 0 saturated heterocycles. The number of fused-ring (bicyclic) bond motifs is 1. The monoisotopic (exact) mass is 608 g/mol. The molecule has 47 heavy (non-hydrogen) atoms. The summed E-state index contributed by atoms with van der Waals surface area (Å²) in [6, 6.07) is 36.8. The second-order valence-electron chi connectivity index (χ2n) is 14.6. The van der Waals surface area contributed by atoms with Crippen LogP contribution < -0.4 is 9.80 Å². The Labute approximate surface area is 276 Å². The minimum absolute atomic E-state index is 0.00570. The molecule has 0 saturated carbocycles. The van der Waals surface area contributed by atoms with Gasteiger partial charge in [0.1, 0.15) is 0 Å². The lowest BCUT2D eigenvalue weighted by atomic mass is 9.81. The van der Waals surface area contributed by atoms with E-state index in [-0.39, 0.29) is 10.8 Å². The molecule has 0 amide bonds. The number of nitrogens with zero attached hydrogens (tertiary/aromatic N) is 4. The number of nitriles is 2. The molecule has 0 atom stereocenters. The van der Waals surface area contributed by atoms with Gasteiger partial charge in [0.2, 0.25) is 0 Å². The molecule has 0 radical (unpaired) electrons. The average molecular weight is 609 g/mol. The summed E-state index contributed by atoms with van der Waals surface area (Å²) < 4.78 is 0. The fraction of sp³-hybridized carbons (Fsp3) is 0.209. The van der Waals surface area contributed by atoms with Crippen LogP contribution in [0.3, 0.4) is 0 Å². The van der Waals surface area contributed by atoms with E-state index in [1.165, 1.54) is 54.8 Å². The molecule has 1 aliphatic heterocycles. The molecule has 2 aliphatic rings. The van der Waals surface area contributed by atoms with Crippen LogP contribution in [0.15, 0.2) is 114 Å². The van der Waals surface area contributed by atoms with Crippen LogP contribution in [-0.4, -0.2) is 6.54 Å². The summed E-state index contributed by atoms with van der Waals surface area (Å²) in [6.07, 6.45) is 5.68. The SMILES string of the molecule is CC1=CC(N(c2cccc(C#N)c2)c2ccc3ccc4c(N5CC(C)(C)c6cc(C#N)ccc65)ccc5ccc2c3c54)=CC(C)(C)C1. The van der Waals surface area contributed by atoms with Crippen molar-refractivity contribution in [1.29, 1.82) is 10.5 Å². The molecule has 0 fully saturated rings. The van der Waals surface area contributed by atoms with E-state index >= 15 is 0 Å². The Morgan fingerprint density at radius 1 is 0.723 bits per heavy atom. The maximum Gasteiger partial charge on any atom is 0.0992 e. The number of rotatable bonds is 4. The first-order valence-electron chi connectivity index (χ1n) is 16.3. The van der Waals surface area contributed by atoms with Gasteiger partial charge in [-0.05, 0) is 100 Å². The van der Waals surface area contributed by atoms with Crippen molar-refractivity contribution >= 4 is 55.1 Å². The predicted molar refractivity (Wildman–Crippen MR) is 195 cm³/mol. The van der Waals surface area contributed by atoms with Gasteiger partial charge in [0.05, 0.1) is 29.0 Å². The molecule has 4 nitrogen and oxygen atoms in total. The topological polar surface area (TPSA) is 54.1 Å². The van der Waals surface area contributed by atoms with E-state index in [2.05, 4.69) is 135 Å². The Morgan fingerprint density at radius 3 is 2.13 bits per heavy atom. The Balaban J connectivity index is 1.38. The van der Waals surface area contributed by atoms with Crippen molar-refractivity contribution < 1.29 is 0 Å². The standard InChI is InChI=1S/C43H36N4/c1-27-19-33(23-42(2,3)22-27)47(32-8-6-7-28(20-32)24-44)38-18-13-31-10-14-34-37(17-12-30-11-15-35(38)41(31)40(30)34)46-26-43(4,5)36-21-29(25-45)9-16-39(36)46/h6-21,23H,22,26H2,1-5H3. The quantitative estimate of drug-likeness (QED) is 0.187. The van der Waals surface area contributed by atoms with Crippen LogP contribution in [0.4, 0.5) is 22.7 Å². The fourth-order valence-electron chi connectivity index (χ4n) is 8.15. The average Bonchev–Trinajstić information content (AvgIpc) is 3.32. The van der Waals surface area contributed by atoms with E-state index < -0.39 is 0 Å². The summed E-state index contributed by atoms with van der Waals surface area (Å²) in [5.74, 6) is 0. The fourth-order valence-corrected chi connectivity index (χ4v) is 8.15. The number of hydrogen-bond acceptors (Lipinski definition) is 4. The van der Waals surface area contributed by atoms with Crippen molar-refractivity contribution in [2.45, 2.75) is 46.5 Å². The van der Waals surface area contributed by atoms with Crippen LogP contribution in [0.5, 0.6) is 0 Å². The molecule has 0 N–H and O–H groups in total. The normalized spacial score (nSPS) is 16.5. The highest BCUT2D eigenvalue weighted by Crippen LogP contribution is 2.50. The van der Waals surface area contributed by atoms with Gasteiger partial charge in [0.15, 0.2) is 0 Å². The lowest BCUT2D eigenvalue weighted by Gasteiger charge is -2.34. The molecule has 228 valence electrons.